The zero-order valence-electron chi connectivity index (χ0n) is 18.2. The van der Waals surface area contributed by atoms with Crippen LogP contribution in [0, 0.1) is 17.5 Å². The lowest BCUT2D eigenvalue weighted by Crippen LogP contribution is -2.41. The molecule has 2 heterocycles. The maximum atomic E-state index is 13.3. The normalized spacial score (nSPS) is 13.8. The van der Waals surface area contributed by atoms with E-state index >= 15 is 0 Å². The second-order valence-corrected chi connectivity index (χ2v) is 7.47. The first-order valence-corrected chi connectivity index (χ1v) is 10.7. The summed E-state index contributed by atoms with van der Waals surface area (Å²) in [5, 5.41) is 0. The number of hydrogen-bond donors (Lipinski definition) is 1. The van der Waals surface area contributed by atoms with E-state index in [-0.39, 0.29) is 24.6 Å². The van der Waals surface area contributed by atoms with Crippen molar-refractivity contribution in [1.29, 1.82) is 0 Å². The fourth-order valence-electron chi connectivity index (χ4n) is 3.62. The molecule has 0 saturated carbocycles. The van der Waals surface area contributed by atoms with Crippen LogP contribution in [0.2, 0.25) is 0 Å². The van der Waals surface area contributed by atoms with Crippen LogP contribution < -0.4 is 5.73 Å². The van der Waals surface area contributed by atoms with Crippen molar-refractivity contribution in [3.8, 4) is 11.3 Å². The maximum Gasteiger partial charge on any atom is 0.224 e. The Kier molecular flexibility index (Phi) is 7.69. The Balaban J connectivity index is 0.00000141. The van der Waals surface area contributed by atoms with Gasteiger partial charge in [0.15, 0.2) is 11.6 Å². The number of hydrogen-bond acceptors (Lipinski definition) is 3. The number of carbonyl (C=O) groups excluding carboxylic acids is 1. The molecule has 0 saturated heterocycles. The molecule has 8 heteroatoms. The maximum absolute atomic E-state index is 13.3. The van der Waals surface area contributed by atoms with Gasteiger partial charge in [-0.3, -0.25) is 4.79 Å². The van der Waals surface area contributed by atoms with Gasteiger partial charge in [-0.2, -0.15) is 0 Å². The van der Waals surface area contributed by atoms with Gasteiger partial charge < -0.3 is 15.2 Å². The molecule has 0 bridgehead atoms. The molecular weight excluding hydrogens is 417 g/mol. The van der Waals surface area contributed by atoms with Gasteiger partial charge in [0, 0.05) is 37.3 Å². The Morgan fingerprint density at radius 3 is 2.47 bits per heavy atom. The van der Waals surface area contributed by atoms with Crippen LogP contribution in [0.15, 0.2) is 48.7 Å². The second kappa shape index (κ2) is 10.5. The molecule has 1 aliphatic heterocycles. The van der Waals surface area contributed by atoms with Gasteiger partial charge in [0.2, 0.25) is 5.91 Å². The van der Waals surface area contributed by atoms with Crippen LogP contribution in [-0.2, 0) is 24.3 Å². The lowest BCUT2D eigenvalue weighted by Gasteiger charge is -2.28. The van der Waals surface area contributed by atoms with Gasteiger partial charge in [-0.25, -0.2) is 18.2 Å². The van der Waals surface area contributed by atoms with Crippen molar-refractivity contribution in [2.45, 2.75) is 45.8 Å². The Labute approximate surface area is 185 Å². The molecule has 1 amide bonds. The van der Waals surface area contributed by atoms with Crippen LogP contribution in [0.3, 0.4) is 0 Å². The lowest BCUT2D eigenvalue weighted by atomic mass is 10.0. The summed E-state index contributed by atoms with van der Waals surface area (Å²) in [6.45, 7) is 5.49. The van der Waals surface area contributed by atoms with E-state index in [0.717, 1.165) is 29.2 Å². The minimum Gasteiger partial charge on any atom is -0.333 e. The Morgan fingerprint density at radius 2 is 1.78 bits per heavy atom. The predicted octanol–water partition coefficient (Wildman–Crippen LogP) is 4.30. The number of aromatic nitrogens is 2. The third-order valence-corrected chi connectivity index (χ3v) is 5.21. The van der Waals surface area contributed by atoms with E-state index in [2.05, 4.69) is 4.98 Å². The Bertz CT molecular complexity index is 1070. The van der Waals surface area contributed by atoms with Gasteiger partial charge in [-0.1, -0.05) is 19.9 Å². The van der Waals surface area contributed by atoms with Crippen molar-refractivity contribution in [1.82, 2.24) is 14.5 Å². The van der Waals surface area contributed by atoms with Crippen LogP contribution in [0.1, 0.15) is 31.7 Å². The Hall–Kier alpha value is -3.13. The van der Waals surface area contributed by atoms with Gasteiger partial charge in [0.25, 0.3) is 0 Å². The summed E-state index contributed by atoms with van der Waals surface area (Å²) in [4.78, 5) is 19.0. The van der Waals surface area contributed by atoms with Gasteiger partial charge >= 0.3 is 0 Å². The molecule has 3 aromatic rings. The summed E-state index contributed by atoms with van der Waals surface area (Å²) in [7, 11) is 0. The van der Waals surface area contributed by atoms with Gasteiger partial charge in [-0.05, 0) is 48.4 Å². The molecule has 0 aliphatic carbocycles. The SMILES string of the molecule is CC.N[C@@H](CC(=O)N1CCn2cc(-c3ccc(F)cc3)nc2C1)Cc1ccc(F)c(F)c1. The molecule has 2 N–H and O–H groups in total. The topological polar surface area (TPSA) is 64.2 Å². The van der Waals surface area contributed by atoms with Crippen molar-refractivity contribution in [2.75, 3.05) is 6.54 Å². The molecule has 0 spiro atoms. The van der Waals surface area contributed by atoms with Crippen molar-refractivity contribution in [2.24, 2.45) is 5.73 Å². The van der Waals surface area contributed by atoms with Crippen molar-refractivity contribution >= 4 is 5.91 Å². The number of amides is 1. The van der Waals surface area contributed by atoms with E-state index in [4.69, 9.17) is 5.73 Å². The van der Waals surface area contributed by atoms with E-state index in [9.17, 15) is 18.0 Å². The predicted molar refractivity (Wildman–Crippen MR) is 117 cm³/mol. The van der Waals surface area contributed by atoms with Crippen LogP contribution in [0.5, 0.6) is 0 Å². The monoisotopic (exact) mass is 444 g/mol. The smallest absolute Gasteiger partial charge is 0.224 e. The van der Waals surface area contributed by atoms with Crippen LogP contribution in [0.25, 0.3) is 11.3 Å². The average molecular weight is 445 g/mol. The van der Waals surface area contributed by atoms with Crippen molar-refractivity contribution < 1.29 is 18.0 Å². The first kappa shape index (κ1) is 23.5. The highest BCUT2D eigenvalue weighted by Gasteiger charge is 2.24. The van der Waals surface area contributed by atoms with Crippen LogP contribution >= 0.6 is 0 Å². The van der Waals surface area contributed by atoms with E-state index in [1.165, 1.54) is 18.2 Å². The van der Waals surface area contributed by atoms with Crippen molar-refractivity contribution in [3.05, 3.63) is 77.5 Å². The largest absolute Gasteiger partial charge is 0.333 e. The summed E-state index contributed by atoms with van der Waals surface area (Å²) in [6.07, 6.45) is 2.28. The quantitative estimate of drug-likeness (QED) is 0.638. The highest BCUT2D eigenvalue weighted by Crippen LogP contribution is 2.22. The van der Waals surface area contributed by atoms with Gasteiger partial charge in [-0.15, -0.1) is 0 Å². The fourth-order valence-corrected chi connectivity index (χ4v) is 3.62. The molecular formula is C24H27F3N4O. The standard InChI is InChI=1S/C22H21F3N4O.C2H6/c23-16-4-2-15(3-5-16)20-12-28-7-8-29(13-21(28)27-20)22(30)11-17(26)9-14-1-6-18(24)19(25)10-14;1-2/h1-6,10,12,17H,7-9,11,13,26H2;1-2H3/t17-;/m1./s1. The number of benzene rings is 2. The molecule has 170 valence electrons. The summed E-state index contributed by atoms with van der Waals surface area (Å²) in [5.41, 5.74) is 8.16. The third-order valence-electron chi connectivity index (χ3n) is 5.21. The molecule has 2 aromatic carbocycles. The fraction of sp³-hybridized carbons (Fsp3) is 0.333. The number of fused-ring (bicyclic) bond motifs is 1. The summed E-state index contributed by atoms with van der Waals surface area (Å²) < 4.78 is 41.5. The number of rotatable bonds is 5. The number of halogens is 3. The Morgan fingerprint density at radius 1 is 1.06 bits per heavy atom. The van der Waals surface area contributed by atoms with Gasteiger partial charge in [0.1, 0.15) is 11.6 Å². The van der Waals surface area contributed by atoms with Crippen LogP contribution in [0.4, 0.5) is 13.2 Å². The molecule has 0 fully saturated rings. The molecule has 32 heavy (non-hydrogen) atoms. The summed E-state index contributed by atoms with van der Waals surface area (Å²) in [6, 6.07) is 9.25. The zero-order valence-corrected chi connectivity index (χ0v) is 18.2. The molecule has 5 nitrogen and oxygen atoms in total. The first-order chi connectivity index (χ1) is 15.4. The van der Waals surface area contributed by atoms with E-state index in [1.54, 1.807) is 17.0 Å². The van der Waals surface area contributed by atoms with Crippen molar-refractivity contribution in [3.63, 3.8) is 0 Å². The molecule has 4 rings (SSSR count). The zero-order chi connectivity index (χ0) is 23.3. The highest BCUT2D eigenvalue weighted by atomic mass is 19.2. The second-order valence-electron chi connectivity index (χ2n) is 7.47. The third kappa shape index (κ3) is 5.56. The summed E-state index contributed by atoms with van der Waals surface area (Å²) in [5.74, 6) is -1.50. The van der Waals surface area contributed by atoms with Crippen LogP contribution in [-0.4, -0.2) is 32.9 Å². The number of carbonyl (C=O) groups is 1. The minimum absolute atomic E-state index is 0.102. The van der Waals surface area contributed by atoms with Gasteiger partial charge in [0.05, 0.1) is 12.2 Å². The van der Waals surface area contributed by atoms with E-state index in [0.29, 0.717) is 25.2 Å². The highest BCUT2D eigenvalue weighted by molar-refractivity contribution is 5.77. The molecule has 1 aromatic heterocycles. The number of nitrogens with two attached hydrogens (primary N) is 1. The number of imidazole rings is 1. The average Bonchev–Trinajstić information content (AvgIpc) is 3.21. The number of nitrogens with zero attached hydrogens (tertiary/aromatic N) is 3. The molecule has 1 atom stereocenters. The molecule has 0 radical (unpaired) electrons. The van der Waals surface area contributed by atoms with E-state index in [1.807, 2.05) is 24.6 Å². The lowest BCUT2D eigenvalue weighted by molar-refractivity contribution is -0.133. The summed E-state index contributed by atoms with van der Waals surface area (Å²) >= 11 is 0. The molecule has 0 unspecified atom stereocenters. The first-order valence-electron chi connectivity index (χ1n) is 10.7. The minimum atomic E-state index is -0.925. The molecule has 1 aliphatic rings. The van der Waals surface area contributed by atoms with E-state index < -0.39 is 17.7 Å².